The summed E-state index contributed by atoms with van der Waals surface area (Å²) in [5.74, 6) is -4.32. The quantitative estimate of drug-likeness (QED) is 0.281. The molecule has 0 spiro atoms. The van der Waals surface area contributed by atoms with Crippen LogP contribution in [0.2, 0.25) is 10.0 Å². The highest BCUT2D eigenvalue weighted by Crippen LogP contribution is 2.44. The SMILES string of the molecule is COc1c(Cl)cc(/C(O)=C2\C(=O)C(=O)N(c3cc(F)ccc3F)C2c2ccccc2)cc1Cl. The summed E-state index contributed by atoms with van der Waals surface area (Å²) in [6.07, 6.45) is 0. The summed E-state index contributed by atoms with van der Waals surface area (Å²) in [4.78, 5) is 26.9. The lowest BCUT2D eigenvalue weighted by Crippen LogP contribution is -2.30. The lowest BCUT2D eigenvalue weighted by molar-refractivity contribution is -0.132. The first-order valence-electron chi connectivity index (χ1n) is 9.59. The van der Waals surface area contributed by atoms with Crippen molar-refractivity contribution in [1.82, 2.24) is 0 Å². The number of methoxy groups -OCH3 is 1. The number of carbonyl (C=O) groups excluding carboxylic acids is 2. The predicted molar refractivity (Wildman–Crippen MR) is 121 cm³/mol. The van der Waals surface area contributed by atoms with Gasteiger partial charge in [-0.25, -0.2) is 8.78 Å². The molecule has 1 fully saturated rings. The fourth-order valence-corrected chi connectivity index (χ4v) is 4.39. The molecule has 1 aliphatic heterocycles. The number of hydrogen-bond donors (Lipinski definition) is 1. The van der Waals surface area contributed by atoms with Gasteiger partial charge in [0.05, 0.1) is 34.5 Å². The van der Waals surface area contributed by atoms with E-state index in [-0.39, 0.29) is 26.9 Å². The van der Waals surface area contributed by atoms with E-state index < -0.39 is 40.8 Å². The second-order valence-corrected chi connectivity index (χ2v) is 7.96. The largest absolute Gasteiger partial charge is 0.507 e. The van der Waals surface area contributed by atoms with Crippen LogP contribution in [0.5, 0.6) is 5.75 Å². The number of halogens is 4. The molecular weight excluding hydrogens is 475 g/mol. The van der Waals surface area contributed by atoms with Crippen molar-refractivity contribution < 1.29 is 28.2 Å². The Kier molecular flexibility index (Phi) is 6.10. The van der Waals surface area contributed by atoms with Gasteiger partial charge in [-0.05, 0) is 29.8 Å². The van der Waals surface area contributed by atoms with Crippen molar-refractivity contribution in [2.75, 3.05) is 12.0 Å². The number of hydrogen-bond acceptors (Lipinski definition) is 4. The fourth-order valence-electron chi connectivity index (χ4n) is 3.75. The summed E-state index contributed by atoms with van der Waals surface area (Å²) < 4.78 is 33.7. The molecule has 1 atom stereocenters. The Morgan fingerprint density at radius 2 is 1.64 bits per heavy atom. The van der Waals surface area contributed by atoms with Crippen molar-refractivity contribution in [3.05, 3.63) is 99.0 Å². The van der Waals surface area contributed by atoms with Gasteiger partial charge in [0, 0.05) is 11.6 Å². The zero-order valence-corrected chi connectivity index (χ0v) is 18.5. The highest BCUT2D eigenvalue weighted by molar-refractivity contribution is 6.51. The Bertz CT molecular complexity index is 1290. The molecule has 1 aliphatic rings. The number of aliphatic hydroxyl groups is 1. The summed E-state index contributed by atoms with van der Waals surface area (Å²) in [5.41, 5.74) is -0.319. The molecule has 0 aliphatic carbocycles. The number of aliphatic hydroxyl groups excluding tert-OH is 1. The monoisotopic (exact) mass is 489 g/mol. The summed E-state index contributed by atoms with van der Waals surface area (Å²) in [5, 5.41) is 11.2. The Hall–Kier alpha value is -3.42. The standard InChI is InChI=1S/C24H15Cl2F2NO4/c1-33-23-15(25)9-13(10-16(23)26)21(30)19-20(12-5-3-2-4-6-12)29(24(32)22(19)31)18-11-14(27)7-8-17(18)28/h2-11,20,30H,1H3/b21-19+. The van der Waals surface area contributed by atoms with E-state index in [0.717, 1.165) is 23.1 Å². The van der Waals surface area contributed by atoms with Crippen molar-refractivity contribution in [2.24, 2.45) is 0 Å². The molecule has 3 aromatic carbocycles. The van der Waals surface area contributed by atoms with E-state index in [0.29, 0.717) is 5.56 Å². The second-order valence-electron chi connectivity index (χ2n) is 7.15. The van der Waals surface area contributed by atoms with Crippen molar-refractivity contribution in [3.63, 3.8) is 0 Å². The molecule has 1 unspecified atom stereocenters. The number of ketones is 1. The summed E-state index contributed by atoms with van der Waals surface area (Å²) >= 11 is 12.3. The molecule has 4 rings (SSSR count). The highest BCUT2D eigenvalue weighted by Gasteiger charge is 2.47. The average molecular weight is 490 g/mol. The lowest BCUT2D eigenvalue weighted by Gasteiger charge is -2.25. The average Bonchev–Trinajstić information content (AvgIpc) is 3.06. The molecule has 1 heterocycles. The number of anilines is 1. The maximum absolute atomic E-state index is 14.7. The van der Waals surface area contributed by atoms with Gasteiger partial charge in [0.25, 0.3) is 11.7 Å². The number of carbonyl (C=O) groups is 2. The lowest BCUT2D eigenvalue weighted by atomic mass is 9.95. The van der Waals surface area contributed by atoms with Crippen LogP contribution < -0.4 is 9.64 Å². The molecule has 0 saturated carbocycles. The number of rotatable bonds is 4. The van der Waals surface area contributed by atoms with Crippen molar-refractivity contribution in [2.45, 2.75) is 6.04 Å². The van der Waals surface area contributed by atoms with Crippen molar-refractivity contribution >= 4 is 46.3 Å². The van der Waals surface area contributed by atoms with Crippen LogP contribution in [-0.2, 0) is 9.59 Å². The Morgan fingerprint density at radius 1 is 1.00 bits per heavy atom. The van der Waals surface area contributed by atoms with E-state index in [1.54, 1.807) is 30.3 Å². The summed E-state index contributed by atoms with van der Waals surface area (Å²) in [6, 6.07) is 12.2. The first-order valence-corrected chi connectivity index (χ1v) is 10.3. The zero-order valence-electron chi connectivity index (χ0n) is 17.0. The van der Waals surface area contributed by atoms with Crippen molar-refractivity contribution in [1.29, 1.82) is 0 Å². The van der Waals surface area contributed by atoms with Gasteiger partial charge in [0.2, 0.25) is 0 Å². The molecule has 0 radical (unpaired) electrons. The number of Topliss-reactive ketones (excluding diaryl/α,β-unsaturated/α-hetero) is 1. The van der Waals surface area contributed by atoms with Gasteiger partial charge in [-0.1, -0.05) is 53.5 Å². The molecule has 3 aromatic rings. The van der Waals surface area contributed by atoms with Gasteiger partial charge in [0.15, 0.2) is 5.75 Å². The summed E-state index contributed by atoms with van der Waals surface area (Å²) in [7, 11) is 1.36. The number of benzene rings is 3. The molecule has 1 amide bonds. The fraction of sp³-hybridized carbons (Fsp3) is 0.0833. The third-order valence-corrected chi connectivity index (χ3v) is 5.76. The molecule has 9 heteroatoms. The Labute approximate surface area is 197 Å². The number of amides is 1. The smallest absolute Gasteiger partial charge is 0.300 e. The maximum Gasteiger partial charge on any atom is 0.300 e. The first-order chi connectivity index (χ1) is 15.7. The van der Waals surface area contributed by atoms with Crippen molar-refractivity contribution in [3.8, 4) is 5.75 Å². The highest BCUT2D eigenvalue weighted by atomic mass is 35.5. The molecule has 0 bridgehead atoms. The second kappa shape index (κ2) is 8.84. The van der Waals surface area contributed by atoms with Gasteiger partial charge in [0.1, 0.15) is 17.4 Å². The third kappa shape index (κ3) is 3.94. The molecule has 33 heavy (non-hydrogen) atoms. The molecule has 1 saturated heterocycles. The van der Waals surface area contributed by atoms with Gasteiger partial charge in [-0.15, -0.1) is 0 Å². The number of nitrogens with zero attached hydrogens (tertiary/aromatic N) is 1. The Balaban J connectivity index is 1.98. The van der Waals surface area contributed by atoms with Gasteiger partial charge in [-0.2, -0.15) is 0 Å². The van der Waals surface area contributed by atoms with Crippen LogP contribution >= 0.6 is 23.2 Å². The maximum atomic E-state index is 14.7. The van der Waals surface area contributed by atoms with E-state index in [4.69, 9.17) is 27.9 Å². The van der Waals surface area contributed by atoms with Crippen LogP contribution in [0.15, 0.2) is 66.2 Å². The minimum atomic E-state index is -1.23. The molecule has 5 nitrogen and oxygen atoms in total. The van der Waals surface area contributed by atoms with E-state index in [1.165, 1.54) is 19.2 Å². The minimum absolute atomic E-state index is 0.0458. The van der Waals surface area contributed by atoms with Crippen LogP contribution in [0, 0.1) is 11.6 Å². The zero-order chi connectivity index (χ0) is 23.9. The molecule has 0 aromatic heterocycles. The third-order valence-electron chi connectivity index (χ3n) is 5.20. The minimum Gasteiger partial charge on any atom is -0.507 e. The van der Waals surface area contributed by atoms with Gasteiger partial charge >= 0.3 is 0 Å². The molecular formula is C24H15Cl2F2NO4. The number of ether oxygens (including phenoxy) is 1. The normalized spacial score (nSPS) is 17.5. The van der Waals surface area contributed by atoms with Gasteiger partial charge < -0.3 is 9.84 Å². The van der Waals surface area contributed by atoms with E-state index in [9.17, 15) is 23.5 Å². The van der Waals surface area contributed by atoms with E-state index >= 15 is 0 Å². The predicted octanol–water partition coefficient (Wildman–Crippen LogP) is 5.91. The van der Waals surface area contributed by atoms with E-state index in [2.05, 4.69) is 0 Å². The van der Waals surface area contributed by atoms with Crippen LogP contribution in [-0.4, -0.2) is 23.9 Å². The molecule has 168 valence electrons. The Morgan fingerprint density at radius 3 is 2.24 bits per heavy atom. The topological polar surface area (TPSA) is 66.8 Å². The molecule has 1 N–H and O–H groups in total. The summed E-state index contributed by atoms with van der Waals surface area (Å²) in [6.45, 7) is 0. The van der Waals surface area contributed by atoms with Crippen LogP contribution in [0.4, 0.5) is 14.5 Å². The van der Waals surface area contributed by atoms with Crippen LogP contribution in [0.3, 0.4) is 0 Å². The van der Waals surface area contributed by atoms with Crippen LogP contribution in [0.25, 0.3) is 5.76 Å². The first kappa shape index (κ1) is 22.8. The van der Waals surface area contributed by atoms with E-state index in [1.807, 2.05) is 0 Å². The van der Waals surface area contributed by atoms with Gasteiger partial charge in [-0.3, -0.25) is 14.5 Å². The van der Waals surface area contributed by atoms with Crippen LogP contribution in [0.1, 0.15) is 17.2 Å².